The summed E-state index contributed by atoms with van der Waals surface area (Å²) in [4.78, 5) is 4.26. The number of ether oxygens (including phenoxy) is 1. The molecule has 0 spiro atoms. The largest absolute Gasteiger partial charge is 0.399 e. The summed E-state index contributed by atoms with van der Waals surface area (Å²) in [6, 6.07) is 0. The van der Waals surface area contributed by atoms with Crippen molar-refractivity contribution in [1.82, 2.24) is 0 Å². The molecule has 16 heavy (non-hydrogen) atoms. The molecule has 2 rings (SSSR count). The number of hydrogen-bond donors (Lipinski definition) is 1. The minimum atomic E-state index is -0.0671. The van der Waals surface area contributed by atoms with Crippen molar-refractivity contribution in [3.05, 3.63) is 35.2 Å². The lowest BCUT2D eigenvalue weighted by Crippen LogP contribution is -2.21. The zero-order valence-electron chi connectivity index (χ0n) is 9.03. The number of nitrogens with two attached hydrogens (primary N) is 1. The molecule has 3 nitrogen and oxygen atoms in total. The topological polar surface area (TPSA) is 47.6 Å². The van der Waals surface area contributed by atoms with E-state index in [1.165, 1.54) is 0 Å². The molecule has 0 bridgehead atoms. The molecular weight excluding hydrogens is 224 g/mol. The van der Waals surface area contributed by atoms with E-state index in [0.29, 0.717) is 17.3 Å². The number of halogens is 1. The monoisotopic (exact) mass is 238 g/mol. The van der Waals surface area contributed by atoms with Gasteiger partial charge in [-0.1, -0.05) is 23.8 Å². The van der Waals surface area contributed by atoms with Crippen molar-refractivity contribution < 1.29 is 4.74 Å². The summed E-state index contributed by atoms with van der Waals surface area (Å²) in [5, 5.41) is 0.673. The fraction of sp³-hybridized carbons (Fsp3) is 0.417. The maximum Gasteiger partial charge on any atom is 0.0971 e. The molecule has 0 saturated carbocycles. The second-order valence-electron chi connectivity index (χ2n) is 3.89. The minimum Gasteiger partial charge on any atom is -0.399 e. The third-order valence-electron chi connectivity index (χ3n) is 2.59. The van der Waals surface area contributed by atoms with E-state index in [-0.39, 0.29) is 6.10 Å². The lowest BCUT2D eigenvalue weighted by Gasteiger charge is -2.20. The predicted octanol–water partition coefficient (Wildman–Crippen LogP) is 2.49. The van der Waals surface area contributed by atoms with Gasteiger partial charge in [-0.2, -0.15) is 0 Å². The third kappa shape index (κ3) is 2.97. The molecule has 1 heterocycles. The first-order valence-corrected chi connectivity index (χ1v) is 5.78. The van der Waals surface area contributed by atoms with Crippen LogP contribution in [-0.2, 0) is 4.74 Å². The van der Waals surface area contributed by atoms with Gasteiger partial charge < -0.3 is 10.5 Å². The van der Waals surface area contributed by atoms with Gasteiger partial charge in [-0.15, -0.1) is 0 Å². The second-order valence-corrected chi connectivity index (χ2v) is 4.32. The molecule has 1 aliphatic carbocycles. The molecule has 1 aliphatic heterocycles. The Morgan fingerprint density at radius 2 is 2.44 bits per heavy atom. The molecule has 2 aliphatic rings. The average Bonchev–Trinajstić information content (AvgIpc) is 2.29. The van der Waals surface area contributed by atoms with E-state index in [0.717, 1.165) is 25.0 Å². The maximum atomic E-state index is 6.06. The number of hydrogen-bond acceptors (Lipinski definition) is 3. The van der Waals surface area contributed by atoms with E-state index < -0.39 is 0 Å². The van der Waals surface area contributed by atoms with Gasteiger partial charge in [0, 0.05) is 22.6 Å². The van der Waals surface area contributed by atoms with Crippen LogP contribution in [0.5, 0.6) is 0 Å². The fourth-order valence-corrected chi connectivity index (χ4v) is 1.95. The standard InChI is InChI=1S/C12H15ClN2O/c13-11-7-9(14)4-5-12(11)16-8-10-3-1-2-6-15-10/h2,4,6-7,12H,1,3,5,8,14H2. The first-order valence-electron chi connectivity index (χ1n) is 5.40. The molecule has 0 aromatic rings. The van der Waals surface area contributed by atoms with Crippen molar-refractivity contribution in [1.29, 1.82) is 0 Å². The van der Waals surface area contributed by atoms with Crippen molar-refractivity contribution >= 4 is 17.3 Å². The summed E-state index contributed by atoms with van der Waals surface area (Å²) < 4.78 is 5.72. The molecule has 0 amide bonds. The molecule has 4 heteroatoms. The number of allylic oxidation sites excluding steroid dienone is 2. The molecule has 0 aromatic heterocycles. The fourth-order valence-electron chi connectivity index (χ4n) is 1.67. The van der Waals surface area contributed by atoms with Gasteiger partial charge >= 0.3 is 0 Å². The van der Waals surface area contributed by atoms with Crippen LogP contribution < -0.4 is 5.73 Å². The second kappa shape index (κ2) is 5.32. The van der Waals surface area contributed by atoms with Crippen LogP contribution in [-0.4, -0.2) is 18.4 Å². The van der Waals surface area contributed by atoms with Crippen molar-refractivity contribution in [2.45, 2.75) is 25.4 Å². The van der Waals surface area contributed by atoms with Crippen molar-refractivity contribution in [2.24, 2.45) is 10.7 Å². The lowest BCUT2D eigenvalue weighted by atomic mass is 10.1. The van der Waals surface area contributed by atoms with Gasteiger partial charge in [0.15, 0.2) is 0 Å². The molecule has 0 radical (unpaired) electrons. The molecule has 0 fully saturated rings. The minimum absolute atomic E-state index is 0.0671. The first-order chi connectivity index (χ1) is 7.75. The van der Waals surface area contributed by atoms with Crippen LogP contribution in [0, 0.1) is 0 Å². The smallest absolute Gasteiger partial charge is 0.0971 e. The Morgan fingerprint density at radius 1 is 1.56 bits per heavy atom. The molecule has 86 valence electrons. The first kappa shape index (κ1) is 11.4. The molecule has 2 N–H and O–H groups in total. The van der Waals surface area contributed by atoms with Crippen LogP contribution in [0.1, 0.15) is 19.3 Å². The Kier molecular flexibility index (Phi) is 3.80. The van der Waals surface area contributed by atoms with E-state index in [1.54, 1.807) is 6.08 Å². The molecule has 1 unspecified atom stereocenters. The summed E-state index contributed by atoms with van der Waals surface area (Å²) in [7, 11) is 0. The summed E-state index contributed by atoms with van der Waals surface area (Å²) in [5.74, 6) is 0. The maximum absolute atomic E-state index is 6.06. The third-order valence-corrected chi connectivity index (χ3v) is 2.95. The highest BCUT2D eigenvalue weighted by atomic mass is 35.5. The van der Waals surface area contributed by atoms with E-state index in [4.69, 9.17) is 22.1 Å². The van der Waals surface area contributed by atoms with Gasteiger partial charge in [0.05, 0.1) is 12.7 Å². The lowest BCUT2D eigenvalue weighted by molar-refractivity contribution is 0.114. The van der Waals surface area contributed by atoms with Gasteiger partial charge in [-0.25, -0.2) is 0 Å². The summed E-state index contributed by atoms with van der Waals surface area (Å²) in [5.41, 5.74) is 7.43. The normalized spacial score (nSPS) is 24.8. The molecular formula is C12H15ClN2O. The van der Waals surface area contributed by atoms with Crippen LogP contribution in [0.25, 0.3) is 0 Å². The Bertz CT molecular complexity index is 382. The van der Waals surface area contributed by atoms with Gasteiger partial charge in [-0.05, 0) is 25.3 Å². The highest BCUT2D eigenvalue weighted by Gasteiger charge is 2.17. The Morgan fingerprint density at radius 3 is 3.12 bits per heavy atom. The average molecular weight is 239 g/mol. The van der Waals surface area contributed by atoms with E-state index in [2.05, 4.69) is 11.1 Å². The number of nitrogens with zero attached hydrogens (tertiary/aromatic N) is 1. The summed E-state index contributed by atoms with van der Waals surface area (Å²) >= 11 is 6.06. The number of aliphatic imine (C=N–C) groups is 1. The van der Waals surface area contributed by atoms with Crippen LogP contribution in [0.3, 0.4) is 0 Å². The van der Waals surface area contributed by atoms with Gasteiger partial charge in [0.25, 0.3) is 0 Å². The van der Waals surface area contributed by atoms with Crippen molar-refractivity contribution in [3.63, 3.8) is 0 Å². The van der Waals surface area contributed by atoms with Crippen LogP contribution in [0.15, 0.2) is 40.1 Å². The van der Waals surface area contributed by atoms with Crippen LogP contribution in [0.2, 0.25) is 0 Å². The van der Waals surface area contributed by atoms with Gasteiger partial charge in [0.2, 0.25) is 0 Å². The summed E-state index contributed by atoms with van der Waals surface area (Å²) in [6.45, 7) is 0.548. The molecule has 1 atom stereocenters. The highest BCUT2D eigenvalue weighted by Crippen LogP contribution is 2.22. The van der Waals surface area contributed by atoms with E-state index in [9.17, 15) is 0 Å². The Hall–Kier alpha value is -1.06. The predicted molar refractivity (Wildman–Crippen MR) is 66.4 cm³/mol. The van der Waals surface area contributed by atoms with E-state index >= 15 is 0 Å². The number of rotatable bonds is 3. The van der Waals surface area contributed by atoms with Crippen LogP contribution >= 0.6 is 11.6 Å². The van der Waals surface area contributed by atoms with Crippen molar-refractivity contribution in [2.75, 3.05) is 6.61 Å². The molecule has 0 saturated heterocycles. The van der Waals surface area contributed by atoms with E-state index in [1.807, 2.05) is 12.3 Å². The highest BCUT2D eigenvalue weighted by molar-refractivity contribution is 6.30. The summed E-state index contributed by atoms with van der Waals surface area (Å²) in [6.07, 6.45) is 10.3. The van der Waals surface area contributed by atoms with Gasteiger partial charge in [-0.3, -0.25) is 4.99 Å². The van der Waals surface area contributed by atoms with Crippen molar-refractivity contribution in [3.8, 4) is 0 Å². The SMILES string of the molecule is NC1=CCC(OCC2=NC=CCC2)C(Cl)=C1. The van der Waals surface area contributed by atoms with Gasteiger partial charge in [0.1, 0.15) is 0 Å². The molecule has 0 aromatic carbocycles. The quantitative estimate of drug-likeness (QED) is 0.821. The Labute approximate surface area is 100 Å². The Balaban J connectivity index is 1.85. The zero-order chi connectivity index (χ0) is 11.4. The van der Waals surface area contributed by atoms with Crippen LogP contribution in [0.4, 0.5) is 0 Å². The zero-order valence-corrected chi connectivity index (χ0v) is 9.78.